The standard InChI is InChI=1S/C8H13N3O6S3/c1-17-7(12)6-8(18-5-10-6)20(15,16)11-3-2-4-19(9,13)14/h5,11H,2-4H2,1H3,(H2,9,13,14). The quantitative estimate of drug-likeness (QED) is 0.471. The molecule has 0 aromatic carbocycles. The second-order valence-corrected chi connectivity index (χ2v) is 8.15. The minimum atomic E-state index is -3.95. The number of nitrogens with two attached hydrogens (primary N) is 1. The van der Waals surface area contributed by atoms with Crippen molar-refractivity contribution in [2.45, 2.75) is 10.6 Å². The summed E-state index contributed by atoms with van der Waals surface area (Å²) in [4.78, 5) is 15.0. The van der Waals surface area contributed by atoms with Gasteiger partial charge in [-0.05, 0) is 6.42 Å². The first-order chi connectivity index (χ1) is 9.17. The molecule has 0 saturated carbocycles. The molecule has 0 bridgehead atoms. The molecule has 1 aromatic rings. The van der Waals surface area contributed by atoms with Crippen LogP contribution < -0.4 is 9.86 Å². The zero-order valence-electron chi connectivity index (χ0n) is 10.4. The molecule has 0 fully saturated rings. The van der Waals surface area contributed by atoms with Gasteiger partial charge in [-0.15, -0.1) is 11.3 Å². The van der Waals surface area contributed by atoms with Gasteiger partial charge in [-0.2, -0.15) is 0 Å². The number of primary sulfonamides is 1. The predicted molar refractivity (Wildman–Crippen MR) is 71.2 cm³/mol. The number of rotatable bonds is 7. The van der Waals surface area contributed by atoms with Crippen LogP contribution >= 0.6 is 11.3 Å². The van der Waals surface area contributed by atoms with Crippen LogP contribution in [-0.4, -0.2) is 47.2 Å². The lowest BCUT2D eigenvalue weighted by Crippen LogP contribution is -2.28. The van der Waals surface area contributed by atoms with Crippen LogP contribution in [0.1, 0.15) is 16.9 Å². The molecular weight excluding hydrogens is 330 g/mol. The molecule has 0 radical (unpaired) electrons. The van der Waals surface area contributed by atoms with E-state index in [2.05, 4.69) is 14.4 Å². The number of methoxy groups -OCH3 is 1. The minimum absolute atomic E-state index is 0.0183. The van der Waals surface area contributed by atoms with Gasteiger partial charge in [-0.25, -0.2) is 36.5 Å². The van der Waals surface area contributed by atoms with Gasteiger partial charge in [0.2, 0.25) is 10.0 Å². The van der Waals surface area contributed by atoms with Crippen LogP contribution in [0.15, 0.2) is 9.72 Å². The van der Waals surface area contributed by atoms with Gasteiger partial charge in [-0.3, -0.25) is 0 Å². The number of sulfonamides is 2. The highest BCUT2D eigenvalue weighted by Gasteiger charge is 2.26. The lowest BCUT2D eigenvalue weighted by atomic mass is 10.5. The summed E-state index contributed by atoms with van der Waals surface area (Å²) in [5, 5.41) is 4.79. The number of hydrogen-bond donors (Lipinski definition) is 2. The number of ether oxygens (including phenoxy) is 1. The number of nitrogens with one attached hydrogen (secondary N) is 1. The molecule has 9 nitrogen and oxygen atoms in total. The van der Waals surface area contributed by atoms with Gasteiger partial charge in [0, 0.05) is 6.54 Å². The van der Waals surface area contributed by atoms with Crippen LogP contribution in [0.4, 0.5) is 0 Å². The Labute approximate surface area is 120 Å². The number of thiazole rings is 1. The van der Waals surface area contributed by atoms with Gasteiger partial charge in [0.05, 0.1) is 18.4 Å². The van der Waals surface area contributed by atoms with Crippen molar-refractivity contribution in [1.82, 2.24) is 9.71 Å². The molecule has 0 saturated heterocycles. The van der Waals surface area contributed by atoms with E-state index in [9.17, 15) is 21.6 Å². The molecule has 0 aliphatic carbocycles. The summed E-state index contributed by atoms with van der Waals surface area (Å²) in [5.74, 6) is -1.21. The molecule has 0 unspecified atom stereocenters. The number of hydrogen-bond acceptors (Lipinski definition) is 8. The number of aromatic nitrogens is 1. The van der Waals surface area contributed by atoms with Gasteiger partial charge < -0.3 is 4.74 Å². The molecule has 1 heterocycles. The van der Waals surface area contributed by atoms with E-state index < -0.39 is 26.0 Å². The second kappa shape index (κ2) is 6.58. The van der Waals surface area contributed by atoms with Crippen molar-refractivity contribution in [3.05, 3.63) is 11.2 Å². The Morgan fingerprint density at radius 1 is 1.45 bits per heavy atom. The smallest absolute Gasteiger partial charge is 0.358 e. The Kier molecular flexibility index (Phi) is 5.59. The largest absolute Gasteiger partial charge is 0.464 e. The number of carbonyl (C=O) groups is 1. The summed E-state index contributed by atoms with van der Waals surface area (Å²) in [6.07, 6.45) is 0.0183. The van der Waals surface area contributed by atoms with Crippen LogP contribution in [-0.2, 0) is 24.8 Å². The maximum Gasteiger partial charge on any atom is 0.358 e. The summed E-state index contributed by atoms with van der Waals surface area (Å²) < 4.78 is 51.6. The average molecular weight is 343 g/mol. The molecular formula is C8H13N3O6S3. The van der Waals surface area contributed by atoms with Crippen LogP contribution in [0.2, 0.25) is 0 Å². The summed E-state index contributed by atoms with van der Waals surface area (Å²) in [5.41, 5.74) is 0.891. The number of nitrogens with zero attached hydrogens (tertiary/aromatic N) is 1. The maximum atomic E-state index is 11.9. The van der Waals surface area contributed by atoms with Gasteiger partial charge in [0.15, 0.2) is 9.90 Å². The Hall–Kier alpha value is -1.08. The first-order valence-corrected chi connectivity index (χ1v) is 9.27. The van der Waals surface area contributed by atoms with Crippen molar-refractivity contribution in [2.24, 2.45) is 5.14 Å². The van der Waals surface area contributed by atoms with Crippen molar-refractivity contribution >= 4 is 37.4 Å². The fraction of sp³-hybridized carbons (Fsp3) is 0.500. The third-order valence-corrected chi connectivity index (χ3v) is 5.74. The number of carbonyl (C=O) groups excluding carboxylic acids is 1. The van der Waals surface area contributed by atoms with Crippen molar-refractivity contribution in [3.63, 3.8) is 0 Å². The molecule has 12 heteroatoms. The lowest BCUT2D eigenvalue weighted by Gasteiger charge is -2.05. The van der Waals surface area contributed by atoms with Crippen LogP contribution in [0.25, 0.3) is 0 Å². The molecule has 0 atom stereocenters. The van der Waals surface area contributed by atoms with E-state index in [0.29, 0.717) is 0 Å². The molecule has 1 aromatic heterocycles. The van der Waals surface area contributed by atoms with Crippen LogP contribution in [0.5, 0.6) is 0 Å². The maximum absolute atomic E-state index is 11.9. The van der Waals surface area contributed by atoms with Crippen molar-refractivity contribution in [2.75, 3.05) is 19.4 Å². The Morgan fingerprint density at radius 2 is 2.10 bits per heavy atom. The van der Waals surface area contributed by atoms with E-state index in [1.165, 1.54) is 5.51 Å². The third kappa shape index (κ3) is 4.79. The van der Waals surface area contributed by atoms with Crippen LogP contribution in [0, 0.1) is 0 Å². The monoisotopic (exact) mass is 343 g/mol. The molecule has 0 aliphatic rings. The molecule has 0 spiro atoms. The molecule has 20 heavy (non-hydrogen) atoms. The third-order valence-electron chi connectivity index (χ3n) is 2.06. The molecule has 3 N–H and O–H groups in total. The summed E-state index contributed by atoms with van der Waals surface area (Å²) in [6.45, 7) is -0.128. The highest BCUT2D eigenvalue weighted by Crippen LogP contribution is 2.20. The van der Waals surface area contributed by atoms with E-state index in [-0.39, 0.29) is 28.6 Å². The zero-order valence-corrected chi connectivity index (χ0v) is 12.8. The van der Waals surface area contributed by atoms with E-state index >= 15 is 0 Å². The Balaban J connectivity index is 2.75. The fourth-order valence-corrected chi connectivity index (χ4v) is 4.00. The van der Waals surface area contributed by atoms with E-state index in [0.717, 1.165) is 18.4 Å². The van der Waals surface area contributed by atoms with Crippen molar-refractivity contribution < 1.29 is 26.4 Å². The SMILES string of the molecule is COC(=O)c1ncsc1S(=O)(=O)NCCCS(N)(=O)=O. The highest BCUT2D eigenvalue weighted by molar-refractivity contribution is 7.91. The van der Waals surface area contributed by atoms with E-state index in [1.807, 2.05) is 0 Å². The summed E-state index contributed by atoms with van der Waals surface area (Å²) in [7, 11) is -6.48. The second-order valence-electron chi connectivity index (χ2n) is 3.60. The summed E-state index contributed by atoms with van der Waals surface area (Å²) >= 11 is 0.758. The van der Waals surface area contributed by atoms with Crippen molar-refractivity contribution in [1.29, 1.82) is 0 Å². The van der Waals surface area contributed by atoms with Crippen molar-refractivity contribution in [3.8, 4) is 0 Å². The normalized spacial score (nSPS) is 12.3. The first-order valence-electron chi connectivity index (χ1n) is 5.19. The predicted octanol–water partition coefficient (Wildman–Crippen LogP) is -1.11. The molecule has 0 aliphatic heterocycles. The van der Waals surface area contributed by atoms with E-state index in [4.69, 9.17) is 5.14 Å². The molecule has 1 rings (SSSR count). The Morgan fingerprint density at radius 3 is 2.65 bits per heavy atom. The lowest BCUT2D eigenvalue weighted by molar-refractivity contribution is 0.0590. The van der Waals surface area contributed by atoms with Gasteiger partial charge in [-0.1, -0.05) is 0 Å². The average Bonchev–Trinajstić information content (AvgIpc) is 2.82. The van der Waals surface area contributed by atoms with Gasteiger partial charge >= 0.3 is 5.97 Å². The molecule has 0 amide bonds. The summed E-state index contributed by atoms with van der Waals surface area (Å²) in [6, 6.07) is 0. The number of esters is 1. The Bertz CT molecular complexity index is 678. The zero-order chi connectivity index (χ0) is 15.4. The van der Waals surface area contributed by atoms with Crippen LogP contribution in [0.3, 0.4) is 0 Å². The molecule has 114 valence electrons. The van der Waals surface area contributed by atoms with Gasteiger partial charge in [0.25, 0.3) is 10.0 Å². The fourth-order valence-electron chi connectivity index (χ4n) is 1.20. The highest BCUT2D eigenvalue weighted by atomic mass is 32.2. The minimum Gasteiger partial charge on any atom is -0.464 e. The first kappa shape index (κ1) is 17.0. The van der Waals surface area contributed by atoms with E-state index in [1.54, 1.807) is 0 Å². The van der Waals surface area contributed by atoms with Gasteiger partial charge in [0.1, 0.15) is 0 Å². The topological polar surface area (TPSA) is 146 Å².